The summed E-state index contributed by atoms with van der Waals surface area (Å²) in [5, 5.41) is 18.4. The van der Waals surface area contributed by atoms with E-state index in [2.05, 4.69) is 42.0 Å². The summed E-state index contributed by atoms with van der Waals surface area (Å²) in [6, 6.07) is 23.1. The number of hydrogen-bond donors (Lipinski definition) is 3. The first-order valence-corrected chi connectivity index (χ1v) is 26.1. The molecule has 4 aliphatic rings. The Morgan fingerprint density at radius 2 is 1.14 bits per heavy atom. The first kappa shape index (κ1) is 50.3. The number of aromatic nitrogens is 8. The largest absolute Gasteiger partial charge is 0.494 e. The van der Waals surface area contributed by atoms with Crippen molar-refractivity contribution in [1.29, 1.82) is 10.5 Å². The fourth-order valence-corrected chi connectivity index (χ4v) is 11.2. The zero-order valence-corrected chi connectivity index (χ0v) is 40.6. The van der Waals surface area contributed by atoms with Crippen molar-refractivity contribution in [1.82, 2.24) is 39.0 Å². The van der Waals surface area contributed by atoms with Gasteiger partial charge in [0.2, 0.25) is 5.95 Å². The Morgan fingerprint density at radius 3 is 1.67 bits per heavy atom. The van der Waals surface area contributed by atoms with Gasteiger partial charge in [0.15, 0.2) is 34.8 Å². The van der Waals surface area contributed by atoms with Gasteiger partial charge in [-0.05, 0) is 10.9 Å². The molecule has 10 rings (SSSR count). The zero-order valence-electron chi connectivity index (χ0n) is 38.0. The van der Waals surface area contributed by atoms with Crippen molar-refractivity contribution in [2.45, 2.75) is 61.9 Å². The monoisotopic (exact) mass is 1040 g/mol. The smallest absolute Gasteiger partial charge is 0.399 e. The molecule has 4 aromatic heterocycles. The van der Waals surface area contributed by atoms with Crippen molar-refractivity contribution in [3.8, 4) is 12.1 Å². The average molecular weight is 1040 g/mol. The van der Waals surface area contributed by atoms with Gasteiger partial charge in [-0.25, -0.2) is 15.0 Å². The van der Waals surface area contributed by atoms with E-state index in [1.165, 1.54) is 30.7 Å². The lowest BCUT2D eigenvalue weighted by Crippen LogP contribution is -2.36. The number of benzene rings is 2. The van der Waals surface area contributed by atoms with E-state index in [0.717, 1.165) is 10.9 Å². The fourth-order valence-electron chi connectivity index (χ4n) is 8.37. The van der Waals surface area contributed by atoms with Crippen LogP contribution in [0.4, 0.5) is 5.95 Å². The van der Waals surface area contributed by atoms with Crippen molar-refractivity contribution >= 4 is 82.4 Å². The van der Waals surface area contributed by atoms with Gasteiger partial charge in [-0.3, -0.25) is 23.7 Å². The highest BCUT2D eigenvalue weighted by molar-refractivity contribution is 7.99. The zero-order chi connectivity index (χ0) is 49.4. The third kappa shape index (κ3) is 11.3. The Hall–Kier alpha value is -5.22. The molecule has 0 amide bonds. The Kier molecular flexibility index (Phi) is 16.6. The Labute approximate surface area is 417 Å². The van der Waals surface area contributed by atoms with Crippen LogP contribution >= 0.6 is 29.0 Å². The number of rotatable bonds is 24. The lowest BCUT2D eigenvalue weighted by molar-refractivity contribution is -0.0556. The highest BCUT2D eigenvalue weighted by atomic mass is 32.2. The highest BCUT2D eigenvalue weighted by Crippen LogP contribution is 2.46. The van der Waals surface area contributed by atoms with Gasteiger partial charge in [0.25, 0.3) is 11.1 Å². The number of nitrogens with zero attached hydrogens (tertiary/aromatic N) is 8. The fraction of sp³-hybridized carbons (Fsp3) is 0.429. The number of anilines is 1. The molecule has 4 aliphatic heterocycles. The number of imidazole rings is 2. The highest BCUT2D eigenvalue weighted by Gasteiger charge is 2.57. The van der Waals surface area contributed by atoms with E-state index < -0.39 is 86.1 Å². The van der Waals surface area contributed by atoms with Gasteiger partial charge < -0.3 is 66.0 Å². The van der Waals surface area contributed by atoms with E-state index in [1.54, 1.807) is 9.13 Å². The van der Waals surface area contributed by atoms with E-state index in [1.807, 2.05) is 60.7 Å². The molecular formula is C42H45B2N11O14P2S. The number of nitrogen functional groups attached to an aromatic ring is 1. The molecule has 3 unspecified atom stereocenters. The van der Waals surface area contributed by atoms with Crippen molar-refractivity contribution in [2.75, 3.05) is 56.9 Å². The minimum Gasteiger partial charge on any atom is -0.399 e. The van der Waals surface area contributed by atoms with Gasteiger partial charge >= 0.3 is 31.4 Å². The molecule has 6 aromatic rings. The molecule has 10 atom stereocenters. The molecule has 374 valence electrons. The second kappa shape index (κ2) is 23.8. The van der Waals surface area contributed by atoms with Crippen LogP contribution in [0.5, 0.6) is 0 Å². The summed E-state index contributed by atoms with van der Waals surface area (Å²) in [4.78, 5) is 47.3. The van der Waals surface area contributed by atoms with Gasteiger partial charge in [0.05, 0.1) is 83.6 Å². The molecule has 4 saturated heterocycles. The van der Waals surface area contributed by atoms with Crippen LogP contribution in [0.1, 0.15) is 25.3 Å². The number of thioether (sulfide) groups is 1. The molecule has 2 aromatic carbocycles. The summed E-state index contributed by atoms with van der Waals surface area (Å²) < 4.78 is 78.1. The SMILES string of the molecule is N#CCCOP(OCCSCCOP(OCCC#N)OC[C@H]1O[C@@H](n2cnc3c(=O)[nH]cnc32)[C@@H]2OB(c3ccccc3)O[C@@H]21)OCC1O[C@@H](n2cnc3c(=O)[nH]c(N)nc32)[C@@H]2OB(c3ccccc3)O[C@H]12. The minimum absolute atomic E-state index is 0.00753. The van der Waals surface area contributed by atoms with E-state index in [9.17, 15) is 20.1 Å². The molecule has 4 N–H and O–H groups in total. The minimum atomic E-state index is -1.94. The van der Waals surface area contributed by atoms with Crippen LogP contribution in [-0.4, -0.2) is 141 Å². The second-order valence-electron chi connectivity index (χ2n) is 16.1. The topological polar surface area (TPSA) is 312 Å². The third-order valence-corrected chi connectivity index (χ3v) is 14.8. The normalized spacial score (nSPS) is 24.4. The number of fused-ring (bicyclic) bond motifs is 4. The van der Waals surface area contributed by atoms with E-state index in [-0.39, 0.29) is 80.7 Å². The summed E-state index contributed by atoms with van der Waals surface area (Å²) in [7, 11) is -5.26. The number of aromatic amines is 2. The summed E-state index contributed by atoms with van der Waals surface area (Å²) in [6.07, 6.45) is -0.911. The second-order valence-corrected chi connectivity index (χ2v) is 19.8. The number of H-pyrrole nitrogens is 2. The number of nitrogens with one attached hydrogen (secondary N) is 2. The Balaban J connectivity index is 0.726. The first-order chi connectivity index (χ1) is 35.4. The molecule has 8 heterocycles. The van der Waals surface area contributed by atoms with Crippen LogP contribution in [0.3, 0.4) is 0 Å². The van der Waals surface area contributed by atoms with Gasteiger partial charge in [-0.1, -0.05) is 60.7 Å². The number of ether oxygens (including phenoxy) is 2. The van der Waals surface area contributed by atoms with Crippen molar-refractivity contribution < 1.29 is 55.2 Å². The summed E-state index contributed by atoms with van der Waals surface area (Å²) >= 11 is 1.54. The van der Waals surface area contributed by atoms with Crippen LogP contribution in [0.15, 0.2) is 89.2 Å². The number of nitrogens with two attached hydrogens (primary N) is 1. The van der Waals surface area contributed by atoms with Gasteiger partial charge in [-0.15, -0.1) is 0 Å². The molecule has 72 heavy (non-hydrogen) atoms. The molecule has 4 fully saturated rings. The van der Waals surface area contributed by atoms with Crippen molar-refractivity contribution in [2.24, 2.45) is 0 Å². The Bertz CT molecular complexity index is 2980. The average Bonchev–Trinajstić information content (AvgIpc) is 4.27. The van der Waals surface area contributed by atoms with Crippen LogP contribution in [0.2, 0.25) is 0 Å². The van der Waals surface area contributed by atoms with E-state index in [0.29, 0.717) is 17.2 Å². The van der Waals surface area contributed by atoms with Gasteiger partial charge in [0.1, 0.15) is 36.6 Å². The van der Waals surface area contributed by atoms with Crippen LogP contribution in [0.25, 0.3) is 22.3 Å². The van der Waals surface area contributed by atoms with Crippen LogP contribution in [0, 0.1) is 22.7 Å². The van der Waals surface area contributed by atoms with Gasteiger partial charge in [0, 0.05) is 11.5 Å². The van der Waals surface area contributed by atoms with Crippen molar-refractivity contribution in [3.05, 3.63) is 100 Å². The molecule has 0 radical (unpaired) electrons. The van der Waals surface area contributed by atoms with Crippen LogP contribution < -0.4 is 27.8 Å². The van der Waals surface area contributed by atoms with E-state index in [4.69, 9.17) is 61.0 Å². The molecular weight excluding hydrogens is 998 g/mol. The lowest BCUT2D eigenvalue weighted by Gasteiger charge is -2.22. The molecule has 0 spiro atoms. The maximum atomic E-state index is 12.6. The maximum absolute atomic E-state index is 12.6. The summed E-state index contributed by atoms with van der Waals surface area (Å²) in [5.74, 6) is 0.973. The van der Waals surface area contributed by atoms with Crippen molar-refractivity contribution in [3.63, 3.8) is 0 Å². The third-order valence-electron chi connectivity index (χ3n) is 11.6. The molecule has 0 aliphatic carbocycles. The Morgan fingerprint density at radius 1 is 0.653 bits per heavy atom. The quantitative estimate of drug-likeness (QED) is 0.0444. The molecule has 30 heteroatoms. The first-order valence-electron chi connectivity index (χ1n) is 22.7. The lowest BCUT2D eigenvalue weighted by atomic mass is 9.79. The molecule has 0 bridgehead atoms. The molecule has 0 saturated carbocycles. The predicted molar refractivity (Wildman–Crippen MR) is 259 cm³/mol. The summed E-state index contributed by atoms with van der Waals surface area (Å²) in [6.45, 7) is 0.602. The number of hydrogen-bond acceptors (Lipinski definition) is 22. The standard InChI is InChI=1S/C42H45B2N11O14P2S/c45-13-7-15-58-70(62-21-28-32-34(68-43(66-32)26-9-3-1-4-10-26)40(64-28)54-24-50-30-36(54)48-23-49-38(30)56)60-17-19-72-20-18-61-71(59-16-8-14-46)63-22-29-33-35(69-44(67-33)27-11-5-2-6-12-27)41(65-29)55-25-51-31-37(55)52-42(47)53-39(31)57/h1-6,9-12,23-25,28-29,32-35,40-41H,7-8,15-22H2,(H,48,49,56)(H3,47,52,53,57)/t28-,29?,32-,33-,34-,35-,40-,41-,70?,71?/m1/s1. The summed E-state index contributed by atoms with van der Waals surface area (Å²) in [5.41, 5.74) is 7.42. The number of nitriles is 2. The predicted octanol–water partition coefficient (Wildman–Crippen LogP) is 2.10. The van der Waals surface area contributed by atoms with Crippen LogP contribution in [-0.2, 0) is 55.2 Å². The molecule has 25 nitrogen and oxygen atoms in total. The maximum Gasteiger partial charge on any atom is 0.494 e. The van der Waals surface area contributed by atoms with E-state index >= 15 is 0 Å². The van der Waals surface area contributed by atoms with Gasteiger partial charge in [-0.2, -0.15) is 27.3 Å².